The van der Waals surface area contributed by atoms with Gasteiger partial charge >= 0.3 is 17.9 Å². The van der Waals surface area contributed by atoms with Gasteiger partial charge in [0.05, 0.1) is 13.7 Å². The fraction of sp³-hybridized carbons (Fsp3) is 0.611. The molecule has 0 heterocycles. The minimum absolute atomic E-state index is 0.0408. The van der Waals surface area contributed by atoms with E-state index >= 15 is 0 Å². The van der Waals surface area contributed by atoms with Crippen molar-refractivity contribution >= 4 is 17.9 Å². The Bertz CT molecular complexity index is 488. The molecule has 0 fully saturated rings. The molecule has 0 rings (SSSR count). The number of carbonyl (C=O) groups is 3. The molecular weight excluding hydrogens is 344 g/mol. The number of unbranched alkanes of at least 4 members (excludes halogenated alkanes) is 1. The van der Waals surface area contributed by atoms with Crippen LogP contribution in [0.1, 0.15) is 33.1 Å². The lowest BCUT2D eigenvalue weighted by Crippen LogP contribution is -2.41. The lowest BCUT2D eigenvalue weighted by Gasteiger charge is -2.28. The van der Waals surface area contributed by atoms with Crippen molar-refractivity contribution in [1.82, 2.24) is 0 Å². The van der Waals surface area contributed by atoms with Gasteiger partial charge < -0.3 is 14.2 Å². The molecule has 0 aliphatic rings. The van der Waals surface area contributed by atoms with Gasteiger partial charge in [-0.05, 0) is 13.3 Å². The van der Waals surface area contributed by atoms with Crippen LogP contribution >= 0.6 is 0 Å². The van der Waals surface area contributed by atoms with E-state index in [1.165, 1.54) is 20.1 Å². The van der Waals surface area contributed by atoms with Crippen LogP contribution in [0.2, 0.25) is 0 Å². The Morgan fingerprint density at radius 2 is 1.88 bits per heavy atom. The van der Waals surface area contributed by atoms with Gasteiger partial charge in [0, 0.05) is 12.5 Å². The molecule has 0 aliphatic carbocycles. The van der Waals surface area contributed by atoms with E-state index < -0.39 is 29.4 Å². The van der Waals surface area contributed by atoms with Crippen molar-refractivity contribution in [3.63, 3.8) is 0 Å². The monoisotopic (exact) mass is 372 g/mol. The van der Waals surface area contributed by atoms with Crippen LogP contribution in [-0.4, -0.2) is 50.9 Å². The van der Waals surface area contributed by atoms with Crippen molar-refractivity contribution in [1.29, 1.82) is 0 Å². The third-order valence-corrected chi connectivity index (χ3v) is 3.39. The molecule has 8 nitrogen and oxygen atoms in total. The minimum atomic E-state index is -1.35. The van der Waals surface area contributed by atoms with E-state index in [-0.39, 0.29) is 26.2 Å². The summed E-state index contributed by atoms with van der Waals surface area (Å²) in [5.74, 6) is -2.06. The van der Waals surface area contributed by atoms with E-state index in [0.29, 0.717) is 6.42 Å². The van der Waals surface area contributed by atoms with Crippen LogP contribution in [0.4, 0.5) is 0 Å². The maximum absolute atomic E-state index is 12.3. The Morgan fingerprint density at radius 1 is 1.19 bits per heavy atom. The molecule has 26 heavy (non-hydrogen) atoms. The number of hydrogen-bond donors (Lipinski definition) is 0. The van der Waals surface area contributed by atoms with Crippen LogP contribution in [-0.2, 0) is 38.4 Å². The molecule has 0 spiro atoms. The molecule has 0 amide bonds. The number of ether oxygens (including phenoxy) is 3. The fourth-order valence-corrected chi connectivity index (χ4v) is 1.88. The molecule has 0 saturated carbocycles. The molecule has 2 unspecified atom stereocenters. The molecule has 0 aromatic heterocycles. The highest BCUT2D eigenvalue weighted by Gasteiger charge is 2.42. The van der Waals surface area contributed by atoms with Gasteiger partial charge in [-0.3, -0.25) is 4.79 Å². The normalized spacial score (nSPS) is 13.8. The lowest BCUT2D eigenvalue weighted by atomic mass is 9.85. The largest absolute Gasteiger partial charge is 0.468 e. The van der Waals surface area contributed by atoms with E-state index in [1.807, 2.05) is 6.92 Å². The van der Waals surface area contributed by atoms with E-state index in [2.05, 4.69) is 13.2 Å². The van der Waals surface area contributed by atoms with E-state index in [9.17, 15) is 14.4 Å². The summed E-state index contributed by atoms with van der Waals surface area (Å²) in [6, 6.07) is 0. The number of hydrogen-bond acceptors (Lipinski definition) is 8. The SMILES string of the molecule is C=CCOOC(CC(C)(COC(=O)C=C)C(=O)OC)C(=O)OCCCC. The molecule has 0 aromatic rings. The molecule has 2 atom stereocenters. The van der Waals surface area contributed by atoms with Gasteiger partial charge in [0.25, 0.3) is 0 Å². The Labute approximate surface area is 154 Å². The van der Waals surface area contributed by atoms with Gasteiger partial charge in [-0.15, -0.1) is 6.58 Å². The van der Waals surface area contributed by atoms with Crippen LogP contribution in [0, 0.1) is 5.41 Å². The Balaban J connectivity index is 5.20. The zero-order chi connectivity index (χ0) is 20.0. The number of rotatable bonds is 14. The van der Waals surface area contributed by atoms with Crippen LogP contribution in [0.15, 0.2) is 25.3 Å². The molecule has 0 aliphatic heterocycles. The summed E-state index contributed by atoms with van der Waals surface area (Å²) in [5, 5.41) is 0. The number of methoxy groups -OCH3 is 1. The minimum Gasteiger partial charge on any atom is -0.468 e. The van der Waals surface area contributed by atoms with E-state index in [1.54, 1.807) is 0 Å². The molecule has 0 aromatic carbocycles. The topological polar surface area (TPSA) is 97.4 Å². The van der Waals surface area contributed by atoms with Crippen LogP contribution in [0.25, 0.3) is 0 Å². The van der Waals surface area contributed by atoms with Gasteiger partial charge in [-0.2, -0.15) is 0 Å². The maximum Gasteiger partial charge on any atom is 0.338 e. The van der Waals surface area contributed by atoms with Crippen LogP contribution in [0.5, 0.6) is 0 Å². The molecule has 0 bridgehead atoms. The Morgan fingerprint density at radius 3 is 2.42 bits per heavy atom. The summed E-state index contributed by atoms with van der Waals surface area (Å²) in [7, 11) is 1.19. The molecule has 0 saturated heterocycles. The van der Waals surface area contributed by atoms with E-state index in [0.717, 1.165) is 12.5 Å². The fourth-order valence-electron chi connectivity index (χ4n) is 1.88. The van der Waals surface area contributed by atoms with Crippen molar-refractivity contribution in [2.45, 2.75) is 39.2 Å². The van der Waals surface area contributed by atoms with Crippen molar-refractivity contribution in [2.24, 2.45) is 5.41 Å². The van der Waals surface area contributed by atoms with E-state index in [4.69, 9.17) is 24.0 Å². The van der Waals surface area contributed by atoms with Crippen molar-refractivity contribution in [3.8, 4) is 0 Å². The average molecular weight is 372 g/mol. The summed E-state index contributed by atoms with van der Waals surface area (Å²) in [6.07, 6.45) is 2.56. The lowest BCUT2D eigenvalue weighted by molar-refractivity contribution is -0.318. The standard InChI is InChI=1S/C18H28O8/c1-6-9-11-23-16(20)14(26-25-10-7-2)12-18(4,17(21)22-5)13-24-15(19)8-3/h7-8,14H,2-3,6,9-13H2,1,4-5H3. The van der Waals surface area contributed by atoms with Crippen LogP contribution in [0.3, 0.4) is 0 Å². The second-order valence-electron chi connectivity index (χ2n) is 5.75. The smallest absolute Gasteiger partial charge is 0.338 e. The Kier molecular flexibility index (Phi) is 12.0. The van der Waals surface area contributed by atoms with Crippen molar-refractivity contribution in [3.05, 3.63) is 25.3 Å². The van der Waals surface area contributed by atoms with Gasteiger partial charge in [-0.25, -0.2) is 19.4 Å². The maximum atomic E-state index is 12.3. The first-order chi connectivity index (χ1) is 12.3. The summed E-state index contributed by atoms with van der Waals surface area (Å²) in [4.78, 5) is 45.7. The predicted octanol–water partition coefficient (Wildman–Crippen LogP) is 2.13. The highest BCUT2D eigenvalue weighted by molar-refractivity contribution is 5.83. The van der Waals surface area contributed by atoms with Gasteiger partial charge in [-0.1, -0.05) is 26.0 Å². The first-order valence-corrected chi connectivity index (χ1v) is 8.28. The van der Waals surface area contributed by atoms with Gasteiger partial charge in [0.15, 0.2) is 6.10 Å². The third kappa shape index (κ3) is 8.77. The second kappa shape index (κ2) is 13.1. The van der Waals surface area contributed by atoms with Gasteiger partial charge in [0.1, 0.15) is 18.6 Å². The molecule has 0 N–H and O–H groups in total. The summed E-state index contributed by atoms with van der Waals surface area (Å²) >= 11 is 0. The van der Waals surface area contributed by atoms with Crippen molar-refractivity contribution < 1.29 is 38.4 Å². The van der Waals surface area contributed by atoms with Crippen molar-refractivity contribution in [2.75, 3.05) is 26.9 Å². The number of esters is 3. The zero-order valence-electron chi connectivity index (χ0n) is 15.7. The van der Waals surface area contributed by atoms with Crippen LogP contribution < -0.4 is 0 Å². The quantitative estimate of drug-likeness (QED) is 0.0870. The predicted molar refractivity (Wildman–Crippen MR) is 92.8 cm³/mol. The molecule has 148 valence electrons. The second-order valence-corrected chi connectivity index (χ2v) is 5.75. The Hall–Kier alpha value is -2.19. The molecule has 8 heteroatoms. The summed E-state index contributed by atoms with van der Waals surface area (Å²) in [6.45, 7) is 10.1. The molecular formula is C18H28O8. The third-order valence-electron chi connectivity index (χ3n) is 3.39. The zero-order valence-corrected chi connectivity index (χ0v) is 15.7. The average Bonchev–Trinajstić information content (AvgIpc) is 2.64. The highest BCUT2D eigenvalue weighted by atomic mass is 17.2. The molecule has 0 radical (unpaired) electrons. The number of carbonyl (C=O) groups excluding carboxylic acids is 3. The van der Waals surface area contributed by atoms with Gasteiger partial charge in [0.2, 0.25) is 0 Å². The highest BCUT2D eigenvalue weighted by Crippen LogP contribution is 2.28. The first kappa shape index (κ1) is 23.8. The summed E-state index contributed by atoms with van der Waals surface area (Å²) in [5.41, 5.74) is -1.35. The summed E-state index contributed by atoms with van der Waals surface area (Å²) < 4.78 is 14.9. The first-order valence-electron chi connectivity index (χ1n) is 8.28.